The summed E-state index contributed by atoms with van der Waals surface area (Å²) in [6.07, 6.45) is -14.5. The summed E-state index contributed by atoms with van der Waals surface area (Å²) in [6.45, 7) is 3.18. The van der Waals surface area contributed by atoms with Crippen LogP contribution in [-0.2, 0) is 119 Å². The van der Waals surface area contributed by atoms with Crippen LogP contribution in [0.2, 0.25) is 0 Å². The Bertz CT molecular complexity index is 3230. The van der Waals surface area contributed by atoms with Crippen molar-refractivity contribution >= 4 is 0 Å². The highest BCUT2D eigenvalue weighted by Gasteiger charge is 2.57. The lowest BCUT2D eigenvalue weighted by molar-refractivity contribution is -0.399. The van der Waals surface area contributed by atoms with Gasteiger partial charge in [0.05, 0.1) is 72.2 Å². The second kappa shape index (κ2) is 34.0. The SMILES string of the molecule is CO[C@H]1O[C@H](C)[C@@H](OCc2ccccc2)[C@H](O[C@@H]2O[C@@H](COCc3ccccc3)[C@H](OCc3ccccc3)[C@H](OCc3ccccc3)[C@@H]2OCc2ccccc2)[C@H]1O[C@H]1O[C@H](CO)[C@@H](OCc2ccccc2)[C@@H](OCc2ccccc2)[C@H]1OCc1ccccc1. The molecule has 0 aliphatic carbocycles. The van der Waals surface area contributed by atoms with Crippen LogP contribution < -0.4 is 0 Å². The lowest BCUT2D eigenvalue weighted by atomic mass is 9.95. The maximum Gasteiger partial charge on any atom is 0.187 e. The third kappa shape index (κ3) is 18.0. The maximum absolute atomic E-state index is 11.5. The summed E-state index contributed by atoms with van der Waals surface area (Å²) in [7, 11) is 1.56. The summed E-state index contributed by atoms with van der Waals surface area (Å²) < 4.78 is 98.6. The first-order valence-corrected chi connectivity index (χ1v) is 31.1. The third-order valence-electron chi connectivity index (χ3n) is 16.3. The maximum atomic E-state index is 11.5. The van der Waals surface area contributed by atoms with Crippen LogP contribution in [0.5, 0.6) is 0 Å². The molecule has 1 N–H and O–H groups in total. The number of rotatable bonds is 31. The van der Waals surface area contributed by atoms with E-state index in [1.165, 1.54) is 0 Å². The monoisotopic (exact) mass is 1220 g/mol. The minimum absolute atomic E-state index is 0.0837. The largest absolute Gasteiger partial charge is 0.394 e. The van der Waals surface area contributed by atoms with E-state index >= 15 is 0 Å². The molecule has 15 atom stereocenters. The molecule has 3 heterocycles. The molecule has 0 aromatic heterocycles. The Labute approximate surface area is 528 Å². The van der Waals surface area contributed by atoms with Crippen LogP contribution in [0.3, 0.4) is 0 Å². The molecule has 3 aliphatic heterocycles. The number of aliphatic hydroxyl groups is 1. The molecule has 0 radical (unpaired) electrons. The fourth-order valence-corrected chi connectivity index (χ4v) is 11.6. The average molecular weight is 1220 g/mol. The van der Waals surface area contributed by atoms with E-state index in [1.54, 1.807) is 7.11 Å². The first-order chi connectivity index (χ1) is 44.5. The van der Waals surface area contributed by atoms with Gasteiger partial charge in [0, 0.05) is 7.11 Å². The molecule has 8 aromatic carbocycles. The van der Waals surface area contributed by atoms with Gasteiger partial charge in [0.15, 0.2) is 18.9 Å². The average Bonchev–Trinajstić information content (AvgIpc) is 0.991. The second-order valence-corrected chi connectivity index (χ2v) is 22.7. The molecule has 3 fully saturated rings. The predicted octanol–water partition coefficient (Wildman–Crippen LogP) is 11.9. The van der Waals surface area contributed by atoms with E-state index in [0.29, 0.717) is 6.61 Å². The zero-order valence-electron chi connectivity index (χ0n) is 51.0. The Balaban J connectivity index is 0.999. The van der Waals surface area contributed by atoms with Gasteiger partial charge in [0.2, 0.25) is 0 Å². The molecule has 0 bridgehead atoms. The predicted molar refractivity (Wildman–Crippen MR) is 337 cm³/mol. The van der Waals surface area contributed by atoms with Crippen LogP contribution in [0.15, 0.2) is 243 Å². The molecule has 0 unspecified atom stereocenters. The van der Waals surface area contributed by atoms with E-state index in [1.807, 2.05) is 250 Å². The Morgan fingerprint density at radius 3 is 0.900 bits per heavy atom. The van der Waals surface area contributed by atoms with Gasteiger partial charge in [-0.1, -0.05) is 243 Å². The molecule has 3 saturated heterocycles. The lowest BCUT2D eigenvalue weighted by Crippen LogP contribution is -2.67. The van der Waals surface area contributed by atoms with Crippen molar-refractivity contribution in [2.75, 3.05) is 20.3 Å². The first kappa shape index (κ1) is 64.7. The van der Waals surface area contributed by atoms with Gasteiger partial charge in [-0.3, -0.25) is 0 Å². The fraction of sp³-hybridized carbons (Fsp3) is 0.360. The molecule has 0 spiro atoms. The summed E-state index contributed by atoms with van der Waals surface area (Å²) in [5.41, 5.74) is 7.49. The van der Waals surface area contributed by atoms with Gasteiger partial charge >= 0.3 is 0 Å². The van der Waals surface area contributed by atoms with Gasteiger partial charge in [0.1, 0.15) is 67.1 Å². The number of hydrogen-bond acceptors (Lipinski definition) is 15. The number of ether oxygens (including phenoxy) is 14. The molecule has 472 valence electrons. The Kier molecular flexibility index (Phi) is 24.4. The van der Waals surface area contributed by atoms with Gasteiger partial charge < -0.3 is 71.4 Å². The van der Waals surface area contributed by atoms with Crippen molar-refractivity contribution < 1.29 is 71.4 Å². The lowest BCUT2D eigenvalue weighted by Gasteiger charge is -2.51. The molecule has 0 amide bonds. The summed E-state index contributed by atoms with van der Waals surface area (Å²) in [5, 5.41) is 11.5. The van der Waals surface area contributed by atoms with E-state index in [0.717, 1.165) is 44.5 Å². The summed E-state index contributed by atoms with van der Waals surface area (Å²) >= 11 is 0. The van der Waals surface area contributed by atoms with E-state index in [2.05, 4.69) is 0 Å². The smallest absolute Gasteiger partial charge is 0.187 e. The minimum Gasteiger partial charge on any atom is -0.394 e. The van der Waals surface area contributed by atoms with Crippen molar-refractivity contribution in [3.63, 3.8) is 0 Å². The molecule has 15 nitrogen and oxygen atoms in total. The van der Waals surface area contributed by atoms with E-state index < -0.39 is 98.7 Å². The Morgan fingerprint density at radius 2 is 0.567 bits per heavy atom. The number of hydrogen-bond donors (Lipinski definition) is 1. The van der Waals surface area contributed by atoms with Gasteiger partial charge in [-0.2, -0.15) is 0 Å². The van der Waals surface area contributed by atoms with Gasteiger partial charge in [0.25, 0.3) is 0 Å². The third-order valence-corrected chi connectivity index (χ3v) is 16.3. The second-order valence-electron chi connectivity index (χ2n) is 22.7. The molecule has 0 saturated carbocycles. The molecular weight excluding hydrogens is 1140 g/mol. The van der Waals surface area contributed by atoms with Crippen LogP contribution >= 0.6 is 0 Å². The van der Waals surface area contributed by atoms with Gasteiger partial charge in [-0.05, 0) is 51.4 Å². The van der Waals surface area contributed by atoms with Crippen molar-refractivity contribution in [2.24, 2.45) is 0 Å². The molecule has 8 aromatic rings. The van der Waals surface area contributed by atoms with Crippen molar-refractivity contribution in [3.05, 3.63) is 287 Å². The van der Waals surface area contributed by atoms with E-state index in [-0.39, 0.29) is 52.9 Å². The van der Waals surface area contributed by atoms with Crippen LogP contribution in [0.1, 0.15) is 51.4 Å². The quantitative estimate of drug-likeness (QED) is 0.0439. The standard InChI is InChI=1S/C75H82O15/c1-53-64(79-45-55-29-13-4-14-30-55)69(72(73(77-2)86-53)90-74-70(84-50-60-39-23-9-24-40-60)67(82-48-58-35-19-7-20-36-58)65(62(43-76)87-74)80-46-56-31-15-5-16-32-56)89-75-71(85-51-61-41-25-10-26-42-61)68(83-49-59-37-21-8-22-38-59)66(81-47-57-33-17-6-18-34-57)63(88-75)52-78-44-54-27-11-3-12-28-54/h3-42,53,62-76H,43-52H2,1-2H3/t53-,62-,63+,64-,65-,66+,67-,68+,69+,70-,71+,72-,73+,74-,75+/m1/s1. The topological polar surface area (TPSA) is 149 Å². The molecular formula is C75H82O15. The molecule has 11 rings (SSSR count). The van der Waals surface area contributed by atoms with Crippen molar-refractivity contribution in [2.45, 2.75) is 152 Å². The number of methoxy groups -OCH3 is 1. The van der Waals surface area contributed by atoms with Crippen LogP contribution in [0, 0.1) is 0 Å². The molecule has 3 aliphatic rings. The summed E-state index contributed by atoms with van der Waals surface area (Å²) in [4.78, 5) is 0. The van der Waals surface area contributed by atoms with Gasteiger partial charge in [-0.25, -0.2) is 0 Å². The summed E-state index contributed by atoms with van der Waals surface area (Å²) in [5.74, 6) is 0. The molecule has 90 heavy (non-hydrogen) atoms. The highest BCUT2D eigenvalue weighted by atomic mass is 16.8. The van der Waals surface area contributed by atoms with Crippen molar-refractivity contribution in [1.82, 2.24) is 0 Å². The molecule has 15 heteroatoms. The van der Waals surface area contributed by atoms with Crippen molar-refractivity contribution in [3.8, 4) is 0 Å². The Hall–Kier alpha value is -6.84. The zero-order valence-corrected chi connectivity index (χ0v) is 51.0. The fourth-order valence-electron chi connectivity index (χ4n) is 11.6. The first-order valence-electron chi connectivity index (χ1n) is 31.1. The van der Waals surface area contributed by atoms with Crippen LogP contribution in [0.25, 0.3) is 0 Å². The number of aliphatic hydroxyl groups excluding tert-OH is 1. The van der Waals surface area contributed by atoms with Crippen molar-refractivity contribution in [1.29, 1.82) is 0 Å². The Morgan fingerprint density at radius 1 is 0.289 bits per heavy atom. The highest BCUT2D eigenvalue weighted by molar-refractivity contribution is 5.20. The highest BCUT2D eigenvalue weighted by Crippen LogP contribution is 2.39. The summed E-state index contributed by atoms with van der Waals surface area (Å²) in [6, 6.07) is 79.5. The van der Waals surface area contributed by atoms with Crippen LogP contribution in [-0.4, -0.2) is 118 Å². The number of benzene rings is 8. The van der Waals surface area contributed by atoms with E-state index in [4.69, 9.17) is 66.3 Å². The van der Waals surface area contributed by atoms with Crippen LogP contribution in [0.4, 0.5) is 0 Å². The van der Waals surface area contributed by atoms with Gasteiger partial charge in [-0.15, -0.1) is 0 Å². The minimum atomic E-state index is -1.28. The zero-order chi connectivity index (χ0) is 61.5. The van der Waals surface area contributed by atoms with E-state index in [9.17, 15) is 5.11 Å². The normalized spacial score (nSPS) is 26.9.